The van der Waals surface area contributed by atoms with Gasteiger partial charge in [-0.15, -0.1) is 0 Å². The third kappa shape index (κ3) is 3.67. The van der Waals surface area contributed by atoms with E-state index in [0.717, 1.165) is 0 Å². The molecule has 0 spiro atoms. The topological polar surface area (TPSA) is 86.6 Å². The molecule has 0 radical (unpaired) electrons. The summed E-state index contributed by atoms with van der Waals surface area (Å²) in [5.41, 5.74) is -0.510. The molecular weight excluding hydrogens is 388 g/mol. The fourth-order valence-corrected chi connectivity index (χ4v) is 3.52. The zero-order chi connectivity index (χ0) is 17.2. The lowest BCUT2D eigenvalue weighted by molar-refractivity contribution is 0.354. The molecule has 124 valence electrons. The molecule has 1 N–H and O–H groups in total. The second-order valence-corrected chi connectivity index (χ2v) is 7.17. The largest absolute Gasteiger partial charge is 0.493 e. The molecule has 0 unspecified atom stereocenters. The molecule has 0 amide bonds. The Hall–Kier alpha value is -2.00. The molecule has 0 aliphatic carbocycles. The number of nitrogens with one attached hydrogen (secondary N) is 1. The van der Waals surface area contributed by atoms with Crippen molar-refractivity contribution in [3.05, 3.63) is 45.3 Å². The highest BCUT2D eigenvalue weighted by molar-refractivity contribution is 9.10. The number of ether oxygens (including phenoxy) is 2. The number of aromatic nitrogens is 1. The molecule has 2 rings (SSSR count). The van der Waals surface area contributed by atoms with Crippen LogP contribution in [0.3, 0.4) is 0 Å². The highest BCUT2D eigenvalue weighted by Crippen LogP contribution is 2.29. The number of benzene rings is 1. The van der Waals surface area contributed by atoms with E-state index < -0.39 is 15.5 Å². The lowest BCUT2D eigenvalue weighted by Crippen LogP contribution is -2.20. The van der Waals surface area contributed by atoms with Crippen LogP contribution in [0.5, 0.6) is 11.5 Å². The van der Waals surface area contributed by atoms with Crippen LogP contribution in [0.15, 0.2) is 44.8 Å². The number of sulfonamides is 1. The number of aryl methyl sites for hydroxylation is 1. The van der Waals surface area contributed by atoms with Gasteiger partial charge in [-0.1, -0.05) is 0 Å². The quantitative estimate of drug-likeness (QED) is 0.825. The first kappa shape index (κ1) is 17.4. The standard InChI is InChI=1S/C14H15BrN2O5S/c1-17-7-10(15)14(18)11(8-17)16-23(19,20)9-4-5-12(21-2)13(6-9)22-3/h4-8,16H,1-3H3. The predicted octanol–water partition coefficient (Wildman–Crippen LogP) is 1.97. The molecule has 2 aromatic rings. The van der Waals surface area contributed by atoms with Gasteiger partial charge in [-0.25, -0.2) is 8.42 Å². The summed E-state index contributed by atoms with van der Waals surface area (Å²) in [7, 11) is 0.595. The number of methoxy groups -OCH3 is 2. The van der Waals surface area contributed by atoms with Crippen molar-refractivity contribution < 1.29 is 17.9 Å². The number of rotatable bonds is 5. The number of hydrogen-bond donors (Lipinski definition) is 1. The molecule has 0 aliphatic heterocycles. The number of nitrogens with zero attached hydrogens (tertiary/aromatic N) is 1. The van der Waals surface area contributed by atoms with Gasteiger partial charge in [-0.05, 0) is 28.1 Å². The van der Waals surface area contributed by atoms with E-state index in [1.54, 1.807) is 11.6 Å². The Morgan fingerprint density at radius 2 is 1.78 bits per heavy atom. The Labute approximate surface area is 142 Å². The first-order valence-electron chi connectivity index (χ1n) is 6.39. The van der Waals surface area contributed by atoms with Crippen LogP contribution in [0.4, 0.5) is 5.69 Å². The van der Waals surface area contributed by atoms with Crippen molar-refractivity contribution in [1.82, 2.24) is 4.57 Å². The second-order valence-electron chi connectivity index (χ2n) is 4.64. The van der Waals surface area contributed by atoms with Crippen LogP contribution >= 0.6 is 15.9 Å². The van der Waals surface area contributed by atoms with E-state index in [2.05, 4.69) is 20.7 Å². The molecule has 0 fully saturated rings. The molecule has 0 saturated heterocycles. The van der Waals surface area contributed by atoms with Crippen LogP contribution in [0.25, 0.3) is 0 Å². The Kier molecular flexibility index (Phi) is 5.00. The zero-order valence-electron chi connectivity index (χ0n) is 12.7. The average Bonchev–Trinajstić information content (AvgIpc) is 2.51. The third-order valence-corrected chi connectivity index (χ3v) is 4.95. The Balaban J connectivity index is 2.46. The van der Waals surface area contributed by atoms with E-state index in [9.17, 15) is 13.2 Å². The second kappa shape index (κ2) is 6.63. The number of hydrogen-bond acceptors (Lipinski definition) is 5. The summed E-state index contributed by atoms with van der Waals surface area (Å²) >= 11 is 3.10. The van der Waals surface area contributed by atoms with Crippen LogP contribution in [0, 0.1) is 0 Å². The fraction of sp³-hybridized carbons (Fsp3) is 0.214. The maximum absolute atomic E-state index is 12.5. The summed E-state index contributed by atoms with van der Waals surface area (Å²) in [6, 6.07) is 4.17. The van der Waals surface area contributed by atoms with Crippen LogP contribution < -0.4 is 19.6 Å². The molecule has 9 heteroatoms. The van der Waals surface area contributed by atoms with Crippen molar-refractivity contribution in [2.75, 3.05) is 18.9 Å². The van der Waals surface area contributed by atoms with Crippen molar-refractivity contribution in [3.8, 4) is 11.5 Å². The smallest absolute Gasteiger partial charge is 0.262 e. The van der Waals surface area contributed by atoms with Gasteiger partial charge < -0.3 is 14.0 Å². The first-order chi connectivity index (χ1) is 10.8. The Morgan fingerprint density at radius 3 is 2.39 bits per heavy atom. The molecular formula is C14H15BrN2O5S. The molecule has 1 aromatic heterocycles. The maximum atomic E-state index is 12.5. The SMILES string of the molecule is COc1ccc(S(=O)(=O)Nc2cn(C)cc(Br)c2=O)cc1OC. The van der Waals surface area contributed by atoms with Crippen LogP contribution in [0.1, 0.15) is 0 Å². The van der Waals surface area contributed by atoms with Gasteiger partial charge in [0, 0.05) is 25.5 Å². The van der Waals surface area contributed by atoms with Crippen molar-refractivity contribution in [2.24, 2.45) is 7.05 Å². The van der Waals surface area contributed by atoms with Gasteiger partial charge in [0.05, 0.1) is 23.6 Å². The third-order valence-electron chi connectivity index (χ3n) is 3.02. The molecule has 23 heavy (non-hydrogen) atoms. The number of anilines is 1. The van der Waals surface area contributed by atoms with Crippen LogP contribution in [0.2, 0.25) is 0 Å². The average molecular weight is 403 g/mol. The van der Waals surface area contributed by atoms with Crippen molar-refractivity contribution in [3.63, 3.8) is 0 Å². The van der Waals surface area contributed by atoms with Gasteiger partial charge in [0.15, 0.2) is 11.5 Å². The van der Waals surface area contributed by atoms with Gasteiger partial charge >= 0.3 is 0 Å². The minimum absolute atomic E-state index is 0.0443. The predicted molar refractivity (Wildman–Crippen MR) is 89.7 cm³/mol. The molecule has 7 nitrogen and oxygen atoms in total. The molecule has 1 aromatic carbocycles. The monoisotopic (exact) mass is 402 g/mol. The van der Waals surface area contributed by atoms with Gasteiger partial charge in [0.2, 0.25) is 5.43 Å². The van der Waals surface area contributed by atoms with Crippen molar-refractivity contribution >= 4 is 31.6 Å². The zero-order valence-corrected chi connectivity index (χ0v) is 15.1. The molecule has 0 saturated carbocycles. The van der Waals surface area contributed by atoms with Gasteiger partial charge in [-0.3, -0.25) is 9.52 Å². The van der Waals surface area contributed by atoms with E-state index in [1.807, 2.05) is 0 Å². The first-order valence-corrected chi connectivity index (χ1v) is 8.66. The summed E-state index contributed by atoms with van der Waals surface area (Å²) in [5.74, 6) is 0.683. The minimum Gasteiger partial charge on any atom is -0.493 e. The molecule has 1 heterocycles. The molecule has 0 bridgehead atoms. The van der Waals surface area contributed by atoms with E-state index in [1.165, 1.54) is 44.8 Å². The number of pyridine rings is 1. The highest BCUT2D eigenvalue weighted by Gasteiger charge is 2.19. The summed E-state index contributed by atoms with van der Waals surface area (Å²) in [4.78, 5) is 12.0. The summed E-state index contributed by atoms with van der Waals surface area (Å²) in [5, 5.41) is 0. The summed E-state index contributed by atoms with van der Waals surface area (Å²) in [6.45, 7) is 0. The maximum Gasteiger partial charge on any atom is 0.262 e. The lowest BCUT2D eigenvalue weighted by atomic mass is 10.3. The van der Waals surface area contributed by atoms with Gasteiger partial charge in [-0.2, -0.15) is 0 Å². The van der Waals surface area contributed by atoms with Crippen LogP contribution in [-0.2, 0) is 17.1 Å². The van der Waals surface area contributed by atoms with E-state index in [-0.39, 0.29) is 20.8 Å². The highest BCUT2D eigenvalue weighted by atomic mass is 79.9. The molecule has 0 aliphatic rings. The Bertz CT molecular complexity index is 893. The van der Waals surface area contributed by atoms with Crippen LogP contribution in [-0.4, -0.2) is 27.2 Å². The normalized spacial score (nSPS) is 11.1. The summed E-state index contributed by atoms with van der Waals surface area (Å²) < 4.78 is 39.2. The molecule has 0 atom stereocenters. The van der Waals surface area contributed by atoms with E-state index >= 15 is 0 Å². The lowest BCUT2D eigenvalue weighted by Gasteiger charge is -2.12. The van der Waals surface area contributed by atoms with Crippen molar-refractivity contribution in [1.29, 1.82) is 0 Å². The van der Waals surface area contributed by atoms with Gasteiger partial charge in [0.1, 0.15) is 5.69 Å². The Morgan fingerprint density at radius 1 is 1.13 bits per heavy atom. The minimum atomic E-state index is -3.95. The van der Waals surface area contributed by atoms with Gasteiger partial charge in [0.25, 0.3) is 10.0 Å². The van der Waals surface area contributed by atoms with E-state index in [4.69, 9.17) is 9.47 Å². The number of halogens is 1. The van der Waals surface area contributed by atoms with Crippen molar-refractivity contribution in [2.45, 2.75) is 4.90 Å². The summed E-state index contributed by atoms with van der Waals surface area (Å²) in [6.07, 6.45) is 2.93. The van der Waals surface area contributed by atoms with E-state index in [0.29, 0.717) is 5.75 Å². The fourth-order valence-electron chi connectivity index (χ4n) is 1.93.